The summed E-state index contributed by atoms with van der Waals surface area (Å²) in [5, 5.41) is 0.283. The summed E-state index contributed by atoms with van der Waals surface area (Å²) in [4.78, 5) is 11.8. The largest absolute Gasteiger partial charge is 0.306 e. The minimum absolute atomic E-state index is 0.0463. The number of aromatic nitrogens is 3. The lowest BCUT2D eigenvalue weighted by Crippen LogP contribution is -2.11. The van der Waals surface area contributed by atoms with Crippen LogP contribution in [0.4, 0.5) is 14.6 Å². The number of anilines is 1. The Morgan fingerprint density at radius 3 is 2.72 bits per heavy atom. The SMILES string of the molecule is Cc1ccnc(Sc2nc(NN)c(F)cc2F)n1. The van der Waals surface area contributed by atoms with E-state index in [-0.39, 0.29) is 10.8 Å². The number of halogens is 2. The van der Waals surface area contributed by atoms with Crippen LogP contribution >= 0.6 is 11.8 Å². The summed E-state index contributed by atoms with van der Waals surface area (Å²) in [6.45, 7) is 1.78. The molecule has 3 N–H and O–H groups in total. The fourth-order valence-electron chi connectivity index (χ4n) is 1.18. The highest BCUT2D eigenvalue weighted by molar-refractivity contribution is 7.99. The van der Waals surface area contributed by atoms with Crippen molar-refractivity contribution >= 4 is 17.6 Å². The number of nitrogens with two attached hydrogens (primary N) is 1. The molecule has 0 amide bonds. The van der Waals surface area contributed by atoms with E-state index >= 15 is 0 Å². The maximum absolute atomic E-state index is 13.5. The normalized spacial score (nSPS) is 10.4. The predicted molar refractivity (Wildman–Crippen MR) is 62.9 cm³/mol. The van der Waals surface area contributed by atoms with Crippen molar-refractivity contribution in [3.8, 4) is 0 Å². The van der Waals surface area contributed by atoms with Crippen LogP contribution in [0.15, 0.2) is 28.5 Å². The molecule has 0 unspecified atom stereocenters. The van der Waals surface area contributed by atoms with Gasteiger partial charge < -0.3 is 5.43 Å². The van der Waals surface area contributed by atoms with Crippen LogP contribution in [-0.2, 0) is 0 Å². The van der Waals surface area contributed by atoms with Crippen LogP contribution < -0.4 is 11.3 Å². The number of aryl methyl sites for hydroxylation is 1. The molecule has 0 spiro atoms. The molecule has 94 valence electrons. The Hall–Kier alpha value is -1.80. The van der Waals surface area contributed by atoms with Crippen molar-refractivity contribution in [3.05, 3.63) is 35.7 Å². The molecule has 2 rings (SSSR count). The smallest absolute Gasteiger partial charge is 0.194 e. The number of hydrogen-bond donors (Lipinski definition) is 2. The fourth-order valence-corrected chi connectivity index (χ4v) is 1.95. The maximum Gasteiger partial charge on any atom is 0.194 e. The van der Waals surface area contributed by atoms with Crippen LogP contribution in [0, 0.1) is 18.6 Å². The Morgan fingerprint density at radius 2 is 2.06 bits per heavy atom. The van der Waals surface area contributed by atoms with Gasteiger partial charge in [-0.2, -0.15) is 0 Å². The molecule has 0 aliphatic heterocycles. The second kappa shape index (κ2) is 5.23. The van der Waals surface area contributed by atoms with Crippen molar-refractivity contribution in [1.82, 2.24) is 15.0 Å². The zero-order valence-corrected chi connectivity index (χ0v) is 10.1. The van der Waals surface area contributed by atoms with Crippen LogP contribution in [-0.4, -0.2) is 15.0 Å². The van der Waals surface area contributed by atoms with Gasteiger partial charge in [0.15, 0.2) is 22.6 Å². The number of nitrogens with zero attached hydrogens (tertiary/aromatic N) is 3. The van der Waals surface area contributed by atoms with E-state index < -0.39 is 11.6 Å². The summed E-state index contributed by atoms with van der Waals surface area (Å²) in [6.07, 6.45) is 1.55. The van der Waals surface area contributed by atoms with Crippen molar-refractivity contribution < 1.29 is 8.78 Å². The molecular weight excluding hydrogens is 260 g/mol. The lowest BCUT2D eigenvalue weighted by atomic mass is 10.4. The molecule has 0 aliphatic rings. The van der Waals surface area contributed by atoms with E-state index in [1.54, 1.807) is 19.2 Å². The molecule has 0 saturated heterocycles. The average molecular weight is 269 g/mol. The van der Waals surface area contributed by atoms with E-state index in [0.717, 1.165) is 17.5 Å². The second-order valence-electron chi connectivity index (χ2n) is 3.33. The van der Waals surface area contributed by atoms with E-state index in [4.69, 9.17) is 5.84 Å². The molecule has 2 heterocycles. The predicted octanol–water partition coefficient (Wildman–Crippen LogP) is 1.90. The van der Waals surface area contributed by atoms with Crippen LogP contribution in [0.1, 0.15) is 5.69 Å². The number of nitrogen functional groups attached to an aromatic ring is 1. The van der Waals surface area contributed by atoms with Gasteiger partial charge in [-0.25, -0.2) is 29.6 Å². The molecular formula is C10H9F2N5S. The third-order valence-electron chi connectivity index (χ3n) is 1.99. The van der Waals surface area contributed by atoms with Gasteiger partial charge in [0.2, 0.25) is 0 Å². The number of hydrazine groups is 1. The van der Waals surface area contributed by atoms with E-state index in [1.807, 2.05) is 0 Å². The third-order valence-corrected chi connectivity index (χ3v) is 2.85. The lowest BCUT2D eigenvalue weighted by Gasteiger charge is -2.05. The summed E-state index contributed by atoms with van der Waals surface area (Å²) in [6, 6.07) is 2.42. The van der Waals surface area contributed by atoms with Crippen molar-refractivity contribution in [2.45, 2.75) is 17.1 Å². The third kappa shape index (κ3) is 2.71. The van der Waals surface area contributed by atoms with E-state index in [1.165, 1.54) is 0 Å². The van der Waals surface area contributed by atoms with E-state index in [0.29, 0.717) is 11.2 Å². The van der Waals surface area contributed by atoms with Crippen molar-refractivity contribution in [3.63, 3.8) is 0 Å². The highest BCUT2D eigenvalue weighted by Crippen LogP contribution is 2.27. The standard InChI is InChI=1S/C10H9F2N5S/c1-5-2-3-14-10(15-5)18-9-7(12)4-6(11)8(16-9)17-13/h2-4H,13H2,1H3,(H,16,17). The van der Waals surface area contributed by atoms with Gasteiger partial charge in [0.05, 0.1) is 0 Å². The van der Waals surface area contributed by atoms with Gasteiger partial charge in [-0.15, -0.1) is 0 Å². The first-order valence-electron chi connectivity index (χ1n) is 4.90. The monoisotopic (exact) mass is 269 g/mol. The van der Waals surface area contributed by atoms with Crippen molar-refractivity contribution in [2.75, 3.05) is 5.43 Å². The van der Waals surface area contributed by atoms with Gasteiger partial charge in [-0.1, -0.05) is 0 Å². The molecule has 2 aromatic heterocycles. The molecule has 8 heteroatoms. The number of pyridine rings is 1. The molecule has 2 aromatic rings. The Kier molecular flexibility index (Phi) is 3.68. The molecule has 5 nitrogen and oxygen atoms in total. The second-order valence-corrected chi connectivity index (χ2v) is 4.29. The zero-order chi connectivity index (χ0) is 13.1. The van der Waals surface area contributed by atoms with Gasteiger partial charge in [-0.3, -0.25) is 0 Å². The number of nitrogens with one attached hydrogen (secondary N) is 1. The molecule has 0 bridgehead atoms. The topological polar surface area (TPSA) is 76.7 Å². The van der Waals surface area contributed by atoms with Crippen LogP contribution in [0.2, 0.25) is 0 Å². The molecule has 0 saturated carbocycles. The number of rotatable bonds is 3. The zero-order valence-electron chi connectivity index (χ0n) is 9.32. The van der Waals surface area contributed by atoms with Crippen molar-refractivity contribution in [2.24, 2.45) is 5.84 Å². The summed E-state index contributed by atoms with van der Waals surface area (Å²) >= 11 is 0.896. The Bertz CT molecular complexity index is 578. The van der Waals surface area contributed by atoms with Gasteiger partial charge in [0.25, 0.3) is 0 Å². The van der Waals surface area contributed by atoms with Crippen LogP contribution in [0.3, 0.4) is 0 Å². The molecule has 0 fully saturated rings. The highest BCUT2D eigenvalue weighted by Gasteiger charge is 2.13. The minimum Gasteiger partial charge on any atom is -0.306 e. The highest BCUT2D eigenvalue weighted by atomic mass is 32.2. The summed E-state index contributed by atoms with van der Waals surface area (Å²) < 4.78 is 26.7. The molecule has 18 heavy (non-hydrogen) atoms. The van der Waals surface area contributed by atoms with E-state index in [9.17, 15) is 8.78 Å². The Morgan fingerprint density at radius 1 is 1.28 bits per heavy atom. The molecule has 0 aliphatic carbocycles. The van der Waals surface area contributed by atoms with Gasteiger partial charge in [0.1, 0.15) is 5.03 Å². The number of hydrogen-bond acceptors (Lipinski definition) is 6. The van der Waals surface area contributed by atoms with Gasteiger partial charge in [-0.05, 0) is 24.8 Å². The van der Waals surface area contributed by atoms with Gasteiger partial charge in [0, 0.05) is 18.0 Å². The summed E-state index contributed by atoms with van der Waals surface area (Å²) in [5.74, 6) is 3.19. The fraction of sp³-hybridized carbons (Fsp3) is 0.100. The first-order valence-corrected chi connectivity index (χ1v) is 5.72. The quantitative estimate of drug-likeness (QED) is 0.503. The van der Waals surface area contributed by atoms with Crippen LogP contribution in [0.5, 0.6) is 0 Å². The lowest BCUT2D eigenvalue weighted by molar-refractivity contribution is 0.551. The Balaban J connectivity index is 2.34. The first-order chi connectivity index (χ1) is 8.60. The molecule has 0 radical (unpaired) electrons. The van der Waals surface area contributed by atoms with Crippen LogP contribution in [0.25, 0.3) is 0 Å². The average Bonchev–Trinajstić information content (AvgIpc) is 2.33. The van der Waals surface area contributed by atoms with E-state index in [2.05, 4.69) is 20.4 Å². The minimum atomic E-state index is -0.857. The summed E-state index contributed by atoms with van der Waals surface area (Å²) in [7, 11) is 0. The Labute approximate surface area is 106 Å². The first kappa shape index (κ1) is 12.7. The van der Waals surface area contributed by atoms with Crippen molar-refractivity contribution in [1.29, 1.82) is 0 Å². The molecule has 0 atom stereocenters. The maximum atomic E-state index is 13.5. The van der Waals surface area contributed by atoms with Gasteiger partial charge >= 0.3 is 0 Å². The molecule has 0 aromatic carbocycles. The summed E-state index contributed by atoms with van der Waals surface area (Å²) in [5.41, 5.74) is 2.80.